The molecule has 1 aliphatic rings. The number of hydrogen-bond donors (Lipinski definition) is 1. The van der Waals surface area contributed by atoms with Crippen LogP contribution in [0.25, 0.3) is 0 Å². The molecule has 0 saturated heterocycles. The van der Waals surface area contributed by atoms with Crippen molar-refractivity contribution in [3.63, 3.8) is 0 Å². The van der Waals surface area contributed by atoms with Crippen LogP contribution in [0.15, 0.2) is 48.8 Å². The van der Waals surface area contributed by atoms with Gasteiger partial charge in [-0.3, -0.25) is 4.79 Å². The number of nitrogens with zero attached hydrogens (tertiary/aromatic N) is 2. The fourth-order valence-electron chi connectivity index (χ4n) is 3.41. The third-order valence-corrected chi connectivity index (χ3v) is 5.17. The molecule has 0 fully saturated rings. The van der Waals surface area contributed by atoms with Crippen molar-refractivity contribution in [2.45, 2.75) is 12.5 Å². The Morgan fingerprint density at radius 1 is 1.27 bits per heavy atom. The summed E-state index contributed by atoms with van der Waals surface area (Å²) in [5.41, 5.74) is 1.65. The maximum absolute atomic E-state index is 12.9. The number of fused-ring (bicyclic) bond motifs is 1. The van der Waals surface area contributed by atoms with Crippen LogP contribution in [0.1, 0.15) is 23.0 Å². The lowest BCUT2D eigenvalue weighted by Crippen LogP contribution is -2.32. The molecule has 1 amide bonds. The summed E-state index contributed by atoms with van der Waals surface area (Å²) in [6.45, 7) is 0.914. The van der Waals surface area contributed by atoms with E-state index in [-0.39, 0.29) is 12.3 Å². The summed E-state index contributed by atoms with van der Waals surface area (Å²) in [6, 6.07) is 10.7. The number of hydrogen-bond acceptors (Lipinski definition) is 5. The lowest BCUT2D eigenvalue weighted by molar-refractivity contribution is -0.121. The van der Waals surface area contributed by atoms with Gasteiger partial charge in [-0.15, -0.1) is 0 Å². The second-order valence-electron chi connectivity index (χ2n) is 6.95. The van der Waals surface area contributed by atoms with Gasteiger partial charge in [-0.25, -0.2) is 4.98 Å². The molecule has 0 bridgehead atoms. The first-order valence-electron chi connectivity index (χ1n) is 9.53. The molecule has 8 heteroatoms. The molecule has 0 radical (unpaired) electrons. The van der Waals surface area contributed by atoms with Crippen LogP contribution in [0.3, 0.4) is 0 Å². The predicted molar refractivity (Wildman–Crippen MR) is 112 cm³/mol. The van der Waals surface area contributed by atoms with Crippen molar-refractivity contribution in [2.75, 3.05) is 20.3 Å². The highest BCUT2D eigenvalue weighted by atomic mass is 35.5. The highest BCUT2D eigenvalue weighted by molar-refractivity contribution is 6.32. The number of ether oxygens (including phenoxy) is 3. The smallest absolute Gasteiger partial charge is 0.225 e. The van der Waals surface area contributed by atoms with Crippen molar-refractivity contribution in [1.29, 1.82) is 0 Å². The van der Waals surface area contributed by atoms with Gasteiger partial charge in [-0.1, -0.05) is 23.7 Å². The zero-order chi connectivity index (χ0) is 21.1. The van der Waals surface area contributed by atoms with Gasteiger partial charge in [0.1, 0.15) is 30.8 Å². The van der Waals surface area contributed by atoms with E-state index in [1.54, 1.807) is 25.4 Å². The normalized spacial score (nSPS) is 13.6. The van der Waals surface area contributed by atoms with Crippen LogP contribution in [-0.2, 0) is 18.3 Å². The number of methoxy groups -OCH3 is 1. The van der Waals surface area contributed by atoms with Gasteiger partial charge < -0.3 is 24.1 Å². The highest BCUT2D eigenvalue weighted by Crippen LogP contribution is 2.38. The molecule has 1 atom stereocenters. The first-order valence-corrected chi connectivity index (χ1v) is 9.91. The van der Waals surface area contributed by atoms with E-state index in [1.807, 2.05) is 42.1 Å². The van der Waals surface area contributed by atoms with Crippen molar-refractivity contribution >= 4 is 17.5 Å². The fraction of sp³-hybridized carbons (Fsp3) is 0.273. The molecule has 2 heterocycles. The molecule has 1 aliphatic heterocycles. The number of halogens is 1. The Morgan fingerprint density at radius 2 is 2.03 bits per heavy atom. The van der Waals surface area contributed by atoms with Crippen LogP contribution in [0, 0.1) is 0 Å². The Kier molecular flexibility index (Phi) is 5.81. The molecule has 3 aromatic rings. The fourth-order valence-corrected chi connectivity index (χ4v) is 3.70. The Labute approximate surface area is 179 Å². The number of nitrogens with one attached hydrogen (secondary N) is 1. The number of rotatable bonds is 6. The molecule has 1 unspecified atom stereocenters. The molecule has 1 N–H and O–H groups in total. The average Bonchev–Trinajstić information content (AvgIpc) is 3.18. The Bertz CT molecular complexity index is 1050. The number of carbonyl (C=O) groups is 1. The number of amides is 1. The molecule has 30 heavy (non-hydrogen) atoms. The van der Waals surface area contributed by atoms with Crippen LogP contribution in [0.4, 0.5) is 0 Å². The number of benzene rings is 2. The third kappa shape index (κ3) is 4.21. The van der Waals surface area contributed by atoms with E-state index in [4.69, 9.17) is 25.8 Å². The molecule has 1 aromatic heterocycles. The van der Waals surface area contributed by atoms with Gasteiger partial charge in [0.05, 0.1) is 18.6 Å². The van der Waals surface area contributed by atoms with Crippen LogP contribution >= 0.6 is 11.6 Å². The van der Waals surface area contributed by atoms with Crippen molar-refractivity contribution in [3.8, 4) is 17.2 Å². The standard InChI is InChI=1S/C22H22ClN3O4/c1-26-8-7-24-22(26)20(15-3-5-16(28-2)6-4-15)25-19(27)13-14-11-17(23)21-18(12-14)29-9-10-30-21/h3-8,11-12,20H,9-10,13H2,1-2H3,(H,25,27). The molecule has 156 valence electrons. The Balaban J connectivity index is 1.56. The van der Waals surface area contributed by atoms with Crippen molar-refractivity contribution < 1.29 is 19.0 Å². The molecule has 0 saturated carbocycles. The topological polar surface area (TPSA) is 74.6 Å². The van der Waals surface area contributed by atoms with E-state index in [2.05, 4.69) is 10.3 Å². The van der Waals surface area contributed by atoms with E-state index in [1.165, 1.54) is 0 Å². The molecular weight excluding hydrogens is 406 g/mol. The number of aryl methyl sites for hydroxylation is 1. The van der Waals surface area contributed by atoms with Crippen molar-refractivity contribution in [1.82, 2.24) is 14.9 Å². The maximum atomic E-state index is 12.9. The van der Waals surface area contributed by atoms with Crippen molar-refractivity contribution in [3.05, 3.63) is 70.8 Å². The van der Waals surface area contributed by atoms with E-state index < -0.39 is 6.04 Å². The zero-order valence-electron chi connectivity index (χ0n) is 16.7. The Morgan fingerprint density at radius 3 is 2.73 bits per heavy atom. The van der Waals surface area contributed by atoms with Crippen LogP contribution in [-0.4, -0.2) is 35.8 Å². The van der Waals surface area contributed by atoms with E-state index in [0.29, 0.717) is 29.7 Å². The second-order valence-corrected chi connectivity index (χ2v) is 7.36. The summed E-state index contributed by atoms with van der Waals surface area (Å²) in [5, 5.41) is 3.52. The van der Waals surface area contributed by atoms with Crippen LogP contribution in [0.5, 0.6) is 17.2 Å². The first-order chi connectivity index (χ1) is 14.5. The largest absolute Gasteiger partial charge is 0.497 e. The summed E-state index contributed by atoms with van der Waals surface area (Å²) >= 11 is 6.30. The van der Waals surface area contributed by atoms with Gasteiger partial charge in [-0.05, 0) is 35.4 Å². The first kappa shape index (κ1) is 20.1. The number of carbonyl (C=O) groups excluding carboxylic acids is 1. The van der Waals surface area contributed by atoms with Crippen LogP contribution in [0.2, 0.25) is 5.02 Å². The summed E-state index contributed by atoms with van der Waals surface area (Å²) in [7, 11) is 3.51. The van der Waals surface area contributed by atoms with Gasteiger partial charge in [-0.2, -0.15) is 0 Å². The van der Waals surface area contributed by atoms with Gasteiger partial charge in [0.15, 0.2) is 11.5 Å². The predicted octanol–water partition coefficient (Wildman–Crippen LogP) is 3.30. The molecule has 7 nitrogen and oxygen atoms in total. The number of aromatic nitrogens is 2. The van der Waals surface area contributed by atoms with Crippen LogP contribution < -0.4 is 19.5 Å². The lowest BCUT2D eigenvalue weighted by Gasteiger charge is -2.21. The van der Waals surface area contributed by atoms with E-state index in [9.17, 15) is 4.79 Å². The molecule has 0 spiro atoms. The highest BCUT2D eigenvalue weighted by Gasteiger charge is 2.22. The summed E-state index contributed by atoms with van der Waals surface area (Å²) in [6.07, 6.45) is 3.70. The minimum absolute atomic E-state index is 0.146. The molecular formula is C22H22ClN3O4. The lowest BCUT2D eigenvalue weighted by atomic mass is 10.0. The summed E-state index contributed by atoms with van der Waals surface area (Å²) in [5.74, 6) is 2.40. The van der Waals surface area contributed by atoms with Gasteiger partial charge in [0.2, 0.25) is 5.91 Å². The quantitative estimate of drug-likeness (QED) is 0.653. The monoisotopic (exact) mass is 427 g/mol. The zero-order valence-corrected chi connectivity index (χ0v) is 17.5. The van der Waals surface area contributed by atoms with Gasteiger partial charge >= 0.3 is 0 Å². The molecule has 4 rings (SSSR count). The molecule has 0 aliphatic carbocycles. The van der Waals surface area contributed by atoms with Crippen molar-refractivity contribution in [2.24, 2.45) is 7.05 Å². The minimum atomic E-state index is -0.406. The van der Waals surface area contributed by atoms with Gasteiger partial charge in [0, 0.05) is 19.4 Å². The SMILES string of the molecule is COc1ccc(C(NC(=O)Cc2cc(Cl)c3c(c2)OCCO3)c2nccn2C)cc1. The van der Waals surface area contributed by atoms with E-state index in [0.717, 1.165) is 22.7 Å². The summed E-state index contributed by atoms with van der Waals surface area (Å²) in [4.78, 5) is 17.3. The number of imidazole rings is 1. The molecule has 2 aromatic carbocycles. The minimum Gasteiger partial charge on any atom is -0.497 e. The second kappa shape index (κ2) is 8.67. The van der Waals surface area contributed by atoms with Gasteiger partial charge in [0.25, 0.3) is 0 Å². The summed E-state index contributed by atoms with van der Waals surface area (Å²) < 4.78 is 18.3. The third-order valence-electron chi connectivity index (χ3n) is 4.89. The van der Waals surface area contributed by atoms with E-state index >= 15 is 0 Å². The maximum Gasteiger partial charge on any atom is 0.225 e. The average molecular weight is 428 g/mol. The Hall–Kier alpha value is -3.19.